The van der Waals surface area contributed by atoms with Gasteiger partial charge in [0.2, 0.25) is 5.91 Å². The summed E-state index contributed by atoms with van der Waals surface area (Å²) in [6, 6.07) is 3.39. The Labute approximate surface area is 146 Å². The van der Waals surface area contributed by atoms with Crippen LogP contribution in [0.15, 0.2) is 18.2 Å². The number of nitrogens with one attached hydrogen (secondary N) is 1. The molecule has 8 heteroatoms. The summed E-state index contributed by atoms with van der Waals surface area (Å²) >= 11 is 5.55. The zero-order valence-electron chi connectivity index (χ0n) is 12.3. The van der Waals surface area contributed by atoms with E-state index in [1.807, 2.05) is 21.6 Å². The van der Waals surface area contributed by atoms with Crippen molar-refractivity contribution in [2.24, 2.45) is 0 Å². The molecule has 2 nitrogen and oxygen atoms in total. The van der Waals surface area contributed by atoms with E-state index in [1.54, 1.807) is 0 Å². The Bertz CT molecular complexity index is 548. The maximum atomic E-state index is 12.8. The van der Waals surface area contributed by atoms with E-state index in [0.717, 1.165) is 31.4 Å². The van der Waals surface area contributed by atoms with Crippen molar-refractivity contribution in [1.82, 2.24) is 0 Å². The normalized spacial score (nSPS) is 18.2. The highest BCUT2D eigenvalue weighted by atomic mass is 35.5. The molecule has 0 spiro atoms. The van der Waals surface area contributed by atoms with Gasteiger partial charge in [0, 0.05) is 23.1 Å². The lowest BCUT2D eigenvalue weighted by molar-refractivity contribution is -0.137. The van der Waals surface area contributed by atoms with Crippen LogP contribution in [0.3, 0.4) is 0 Å². The van der Waals surface area contributed by atoms with Gasteiger partial charge in [0.15, 0.2) is 0 Å². The minimum Gasteiger partial charge on any atom is -0.326 e. The first-order valence-electron chi connectivity index (χ1n) is 7.31. The van der Waals surface area contributed by atoms with Crippen LogP contribution < -0.4 is 5.32 Å². The molecule has 1 unspecified atom stereocenters. The molecule has 1 N–H and O–H groups in total. The number of carbonyl (C=O) groups is 1. The van der Waals surface area contributed by atoms with Gasteiger partial charge in [-0.15, -0.1) is 0 Å². The van der Waals surface area contributed by atoms with E-state index in [0.29, 0.717) is 11.7 Å². The third-order valence-corrected chi connectivity index (χ3v) is 6.80. The van der Waals surface area contributed by atoms with Crippen LogP contribution in [0.4, 0.5) is 18.9 Å². The van der Waals surface area contributed by atoms with Crippen molar-refractivity contribution < 1.29 is 18.0 Å². The summed E-state index contributed by atoms with van der Waals surface area (Å²) in [7, 11) is 3.79. The second kappa shape index (κ2) is 8.53. The van der Waals surface area contributed by atoms with E-state index in [-0.39, 0.29) is 16.6 Å². The maximum Gasteiger partial charge on any atom is 0.417 e. The van der Waals surface area contributed by atoms with Crippen LogP contribution in [0.5, 0.6) is 0 Å². The van der Waals surface area contributed by atoms with Crippen molar-refractivity contribution in [2.45, 2.75) is 43.5 Å². The van der Waals surface area contributed by atoms with E-state index in [2.05, 4.69) is 5.32 Å². The highest BCUT2D eigenvalue weighted by Gasteiger charge is 2.33. The van der Waals surface area contributed by atoms with E-state index >= 15 is 0 Å². The molecule has 23 heavy (non-hydrogen) atoms. The van der Waals surface area contributed by atoms with Crippen LogP contribution in [0, 0.1) is 0 Å². The van der Waals surface area contributed by atoms with E-state index in [9.17, 15) is 18.0 Å². The number of rotatable bonds is 6. The van der Waals surface area contributed by atoms with Crippen molar-refractivity contribution >= 4 is 44.8 Å². The largest absolute Gasteiger partial charge is 0.417 e. The van der Waals surface area contributed by atoms with E-state index < -0.39 is 11.7 Å². The Morgan fingerprint density at radius 1 is 1.35 bits per heavy atom. The smallest absolute Gasteiger partial charge is 0.326 e. The number of amides is 1. The lowest BCUT2D eigenvalue weighted by Gasteiger charge is -2.12. The van der Waals surface area contributed by atoms with Crippen LogP contribution in [-0.4, -0.2) is 16.9 Å². The van der Waals surface area contributed by atoms with E-state index in [4.69, 9.17) is 11.6 Å². The van der Waals surface area contributed by atoms with Gasteiger partial charge in [-0.2, -0.15) is 13.2 Å². The molecule has 1 saturated heterocycles. The Morgan fingerprint density at radius 2 is 2.13 bits per heavy atom. The minimum absolute atomic E-state index is 0.120. The number of alkyl halides is 3. The van der Waals surface area contributed by atoms with Gasteiger partial charge < -0.3 is 5.32 Å². The molecule has 0 aliphatic carbocycles. The topological polar surface area (TPSA) is 29.1 Å². The molecule has 128 valence electrons. The Balaban J connectivity index is 1.78. The molecule has 1 amide bonds. The lowest BCUT2D eigenvalue weighted by atomic mass is 10.1. The van der Waals surface area contributed by atoms with Crippen LogP contribution in [0.2, 0.25) is 5.02 Å². The quantitative estimate of drug-likeness (QED) is 0.481. The number of hydrogen-bond acceptors (Lipinski definition) is 3. The monoisotopic (exact) mass is 383 g/mol. The molecular weight excluding hydrogens is 367 g/mol. The first-order valence-corrected chi connectivity index (χ1v) is 10.1. The number of anilines is 1. The minimum atomic E-state index is -4.53. The summed E-state index contributed by atoms with van der Waals surface area (Å²) in [6.45, 7) is 0. The van der Waals surface area contributed by atoms with Gasteiger partial charge in [-0.25, -0.2) is 0 Å². The molecule has 0 saturated carbocycles. The summed E-state index contributed by atoms with van der Waals surface area (Å²) in [5.41, 5.74) is -0.817. The first kappa shape index (κ1) is 18.8. The highest BCUT2D eigenvalue weighted by Crippen LogP contribution is 2.40. The molecule has 1 aliphatic rings. The first-order chi connectivity index (χ1) is 10.9. The van der Waals surface area contributed by atoms with E-state index in [1.165, 1.54) is 18.2 Å². The maximum absolute atomic E-state index is 12.8. The van der Waals surface area contributed by atoms with Crippen LogP contribution in [0.25, 0.3) is 0 Å². The van der Waals surface area contributed by atoms with Crippen LogP contribution in [-0.2, 0) is 11.0 Å². The molecule has 0 bridgehead atoms. The molecule has 0 radical (unpaired) electrons. The SMILES string of the molecule is O=C(CCCCC1CCSS1)Nc1ccc(Cl)c(C(F)(F)F)c1. The molecule has 1 heterocycles. The molecule has 0 aromatic heterocycles. The second-order valence-electron chi connectivity index (χ2n) is 5.32. The number of halogens is 4. The highest BCUT2D eigenvalue weighted by molar-refractivity contribution is 8.77. The second-order valence-corrected chi connectivity index (χ2v) is 8.51. The van der Waals surface area contributed by atoms with Gasteiger partial charge in [-0.1, -0.05) is 39.6 Å². The average Bonchev–Trinajstić information content (AvgIpc) is 2.98. The number of carbonyl (C=O) groups excluding carboxylic acids is 1. The third kappa shape index (κ3) is 6.12. The van der Waals surface area contributed by atoms with Crippen LogP contribution >= 0.6 is 33.2 Å². The van der Waals surface area contributed by atoms with Gasteiger partial charge >= 0.3 is 6.18 Å². The number of unbranched alkanes of at least 4 members (excludes halogenated alkanes) is 1. The van der Waals surface area contributed by atoms with Gasteiger partial charge in [0.05, 0.1) is 10.6 Å². The lowest BCUT2D eigenvalue weighted by Crippen LogP contribution is -2.13. The molecular formula is C15H17ClF3NOS2. The third-order valence-electron chi connectivity index (χ3n) is 3.46. The van der Waals surface area contributed by atoms with Crippen molar-refractivity contribution in [1.29, 1.82) is 0 Å². The van der Waals surface area contributed by atoms with Gasteiger partial charge in [0.1, 0.15) is 0 Å². The summed E-state index contributed by atoms with van der Waals surface area (Å²) in [6.07, 6.45) is -0.215. The van der Waals surface area contributed by atoms with Gasteiger partial charge in [0.25, 0.3) is 0 Å². The molecule has 1 atom stereocenters. The molecule has 1 fully saturated rings. The van der Waals surface area contributed by atoms with Crippen molar-refractivity contribution in [2.75, 3.05) is 11.1 Å². The van der Waals surface area contributed by atoms with Gasteiger partial charge in [-0.3, -0.25) is 4.79 Å². The Kier molecular flexibility index (Phi) is 6.98. The molecule has 2 rings (SSSR count). The summed E-state index contributed by atoms with van der Waals surface area (Å²) in [5.74, 6) is 0.919. The number of hydrogen-bond donors (Lipinski definition) is 1. The predicted molar refractivity (Wildman–Crippen MR) is 92.0 cm³/mol. The Morgan fingerprint density at radius 3 is 2.78 bits per heavy atom. The zero-order chi connectivity index (χ0) is 16.9. The fourth-order valence-corrected chi connectivity index (χ4v) is 5.52. The summed E-state index contributed by atoms with van der Waals surface area (Å²) in [4.78, 5) is 11.8. The van der Waals surface area contributed by atoms with Crippen LogP contribution in [0.1, 0.15) is 37.7 Å². The van der Waals surface area contributed by atoms with Crippen molar-refractivity contribution in [3.05, 3.63) is 28.8 Å². The predicted octanol–water partition coefficient (Wildman–Crippen LogP) is 6.01. The fraction of sp³-hybridized carbons (Fsp3) is 0.533. The molecule has 1 aromatic carbocycles. The standard InChI is InChI=1S/C15H17ClF3NOS2/c16-13-6-5-10(9-12(13)15(17,18)19)20-14(21)4-2-1-3-11-7-8-22-23-11/h5-6,9,11H,1-4,7-8H2,(H,20,21). The summed E-state index contributed by atoms with van der Waals surface area (Å²) in [5, 5.41) is 2.81. The fourth-order valence-electron chi connectivity index (χ4n) is 2.27. The molecule has 1 aliphatic heterocycles. The molecule has 1 aromatic rings. The zero-order valence-corrected chi connectivity index (χ0v) is 14.7. The van der Waals surface area contributed by atoms with Gasteiger partial charge in [-0.05, 0) is 37.5 Å². The Hall–Kier alpha value is -0.530. The van der Waals surface area contributed by atoms with Crippen molar-refractivity contribution in [3.63, 3.8) is 0 Å². The summed E-state index contributed by atoms with van der Waals surface area (Å²) < 4.78 is 38.3. The average molecular weight is 384 g/mol. The van der Waals surface area contributed by atoms with Crippen molar-refractivity contribution in [3.8, 4) is 0 Å². The number of benzene rings is 1.